The summed E-state index contributed by atoms with van der Waals surface area (Å²) in [6.07, 6.45) is 4.84. The maximum Gasteiger partial charge on any atom is 0.303 e. The Hall–Kier alpha value is -3.23. The molecule has 0 fully saturated rings. The third-order valence-electron chi connectivity index (χ3n) is 3.39. The fourth-order valence-electron chi connectivity index (χ4n) is 2.30. The normalized spacial score (nSPS) is 10.9. The zero-order chi connectivity index (χ0) is 17.1. The van der Waals surface area contributed by atoms with Crippen LogP contribution in [0.5, 0.6) is 0 Å². The zero-order valence-corrected chi connectivity index (χ0v) is 12.6. The van der Waals surface area contributed by atoms with E-state index in [1.54, 1.807) is 10.5 Å². The summed E-state index contributed by atoms with van der Waals surface area (Å²) in [5.74, 6) is -0.588. The second-order valence-corrected chi connectivity index (χ2v) is 5.14. The lowest BCUT2D eigenvalue weighted by atomic mass is 10.2. The predicted octanol–water partition coefficient (Wildman–Crippen LogP) is 1.79. The van der Waals surface area contributed by atoms with Crippen molar-refractivity contribution in [2.75, 3.05) is 17.6 Å². The molecule has 0 radical (unpaired) electrons. The van der Waals surface area contributed by atoms with Gasteiger partial charge in [-0.3, -0.25) is 9.20 Å². The van der Waals surface area contributed by atoms with Crippen molar-refractivity contribution in [1.29, 1.82) is 0 Å². The number of nitrogen functional groups attached to an aromatic ring is 1. The van der Waals surface area contributed by atoms with E-state index >= 15 is 0 Å². The molecule has 0 aliphatic rings. The molecule has 0 aliphatic heterocycles. The molecule has 0 saturated heterocycles. The highest BCUT2D eigenvalue weighted by molar-refractivity contribution is 5.76. The van der Waals surface area contributed by atoms with Gasteiger partial charge in [-0.15, -0.1) is 0 Å². The highest BCUT2D eigenvalue weighted by atomic mass is 19.1. The van der Waals surface area contributed by atoms with Gasteiger partial charge in [0.05, 0.1) is 0 Å². The largest absolute Gasteiger partial charge is 0.481 e. The number of nitrogens with one attached hydrogen (secondary N) is 1. The van der Waals surface area contributed by atoms with E-state index in [0.717, 1.165) is 0 Å². The number of pyridine rings is 1. The average Bonchev–Trinajstić information content (AvgIpc) is 2.90. The highest BCUT2D eigenvalue weighted by Gasteiger charge is 2.15. The van der Waals surface area contributed by atoms with Crippen LogP contribution < -0.4 is 11.1 Å². The Balaban J connectivity index is 1.98. The van der Waals surface area contributed by atoms with E-state index in [4.69, 9.17) is 10.8 Å². The number of carboxylic acids is 1. The van der Waals surface area contributed by atoms with Crippen molar-refractivity contribution in [3.05, 3.63) is 36.5 Å². The lowest BCUT2D eigenvalue weighted by Gasteiger charge is -2.08. The van der Waals surface area contributed by atoms with Crippen LogP contribution in [-0.2, 0) is 4.79 Å². The predicted molar refractivity (Wildman–Crippen MR) is 85.9 cm³/mol. The van der Waals surface area contributed by atoms with Gasteiger partial charge in [0, 0.05) is 37.1 Å². The van der Waals surface area contributed by atoms with Crippen LogP contribution >= 0.6 is 0 Å². The summed E-state index contributed by atoms with van der Waals surface area (Å²) in [7, 11) is 0. The summed E-state index contributed by atoms with van der Waals surface area (Å²) in [5.41, 5.74) is 7.20. The molecule has 0 spiro atoms. The molecular formula is C15H15FN6O2. The van der Waals surface area contributed by atoms with Gasteiger partial charge in [0.15, 0.2) is 0 Å². The van der Waals surface area contributed by atoms with Crippen molar-refractivity contribution in [2.24, 2.45) is 0 Å². The topological polar surface area (TPSA) is 118 Å². The van der Waals surface area contributed by atoms with Gasteiger partial charge in [0.1, 0.15) is 23.0 Å². The molecular weight excluding hydrogens is 315 g/mol. The SMILES string of the molecule is Nc1ncc(-c2nc3ccc(F)cn3c2NCCCC(=O)O)cn1. The number of fused-ring (bicyclic) bond motifs is 1. The average molecular weight is 330 g/mol. The molecule has 24 heavy (non-hydrogen) atoms. The number of rotatable bonds is 6. The van der Waals surface area contributed by atoms with Gasteiger partial charge in [-0.1, -0.05) is 0 Å². The van der Waals surface area contributed by atoms with E-state index in [0.29, 0.717) is 35.7 Å². The summed E-state index contributed by atoms with van der Waals surface area (Å²) < 4.78 is 15.2. The number of imidazole rings is 1. The lowest BCUT2D eigenvalue weighted by Crippen LogP contribution is -2.07. The number of anilines is 2. The zero-order valence-electron chi connectivity index (χ0n) is 12.6. The number of halogens is 1. The van der Waals surface area contributed by atoms with E-state index in [1.807, 2.05) is 0 Å². The van der Waals surface area contributed by atoms with Crippen LogP contribution in [-0.4, -0.2) is 37.0 Å². The van der Waals surface area contributed by atoms with Crippen LogP contribution in [0.25, 0.3) is 16.9 Å². The number of aliphatic carboxylic acids is 1. The van der Waals surface area contributed by atoms with E-state index in [1.165, 1.54) is 24.7 Å². The first-order valence-corrected chi connectivity index (χ1v) is 7.26. The summed E-state index contributed by atoms with van der Waals surface area (Å²) in [4.78, 5) is 23.0. The number of carboxylic acid groups (broad SMARTS) is 1. The summed E-state index contributed by atoms with van der Waals surface area (Å²) in [5, 5.41) is 11.8. The molecule has 0 amide bonds. The molecule has 3 aromatic rings. The molecule has 0 aromatic carbocycles. The molecule has 124 valence electrons. The maximum atomic E-state index is 13.6. The Labute approximate surface area is 136 Å². The second kappa shape index (κ2) is 6.49. The molecule has 3 rings (SSSR count). The molecule has 3 aromatic heterocycles. The number of aromatic nitrogens is 4. The third-order valence-corrected chi connectivity index (χ3v) is 3.39. The highest BCUT2D eigenvalue weighted by Crippen LogP contribution is 2.28. The van der Waals surface area contributed by atoms with Gasteiger partial charge >= 0.3 is 5.97 Å². The molecule has 0 aliphatic carbocycles. The molecule has 4 N–H and O–H groups in total. The number of nitrogens with two attached hydrogens (primary N) is 1. The van der Waals surface area contributed by atoms with Gasteiger partial charge in [-0.2, -0.15) is 0 Å². The molecule has 8 nitrogen and oxygen atoms in total. The third kappa shape index (κ3) is 3.24. The molecule has 0 saturated carbocycles. The Morgan fingerprint density at radius 1 is 1.33 bits per heavy atom. The summed E-state index contributed by atoms with van der Waals surface area (Å²) in [6.45, 7) is 0.402. The quantitative estimate of drug-likeness (QED) is 0.590. The molecule has 0 atom stereocenters. The van der Waals surface area contributed by atoms with Crippen molar-refractivity contribution >= 4 is 23.4 Å². The Morgan fingerprint density at radius 2 is 2.08 bits per heavy atom. The first-order valence-electron chi connectivity index (χ1n) is 7.26. The maximum absolute atomic E-state index is 13.6. The van der Waals surface area contributed by atoms with Crippen molar-refractivity contribution < 1.29 is 14.3 Å². The van der Waals surface area contributed by atoms with Gasteiger partial charge in [-0.05, 0) is 18.6 Å². The minimum atomic E-state index is -0.867. The monoisotopic (exact) mass is 330 g/mol. The lowest BCUT2D eigenvalue weighted by molar-refractivity contribution is -0.137. The van der Waals surface area contributed by atoms with E-state index in [9.17, 15) is 9.18 Å². The fraction of sp³-hybridized carbons (Fsp3) is 0.200. The second-order valence-electron chi connectivity index (χ2n) is 5.14. The number of carbonyl (C=O) groups is 1. The van der Waals surface area contributed by atoms with Crippen LogP contribution in [0.4, 0.5) is 16.2 Å². The van der Waals surface area contributed by atoms with Crippen LogP contribution in [0.2, 0.25) is 0 Å². The van der Waals surface area contributed by atoms with E-state index < -0.39 is 11.8 Å². The Kier molecular flexibility index (Phi) is 4.23. The van der Waals surface area contributed by atoms with Gasteiger partial charge in [0.2, 0.25) is 5.95 Å². The van der Waals surface area contributed by atoms with Crippen LogP contribution in [0.15, 0.2) is 30.7 Å². The number of hydrogen-bond donors (Lipinski definition) is 3. The van der Waals surface area contributed by atoms with Crippen LogP contribution in [0.3, 0.4) is 0 Å². The molecule has 0 unspecified atom stereocenters. The standard InChI is InChI=1S/C15H15FN6O2/c16-10-3-4-11-21-13(9-6-19-15(17)20-7-9)14(22(11)8-10)18-5-1-2-12(23)24/h3-4,6-8,18H,1-2,5H2,(H,23,24)(H2,17,19,20). The van der Waals surface area contributed by atoms with Crippen molar-refractivity contribution in [1.82, 2.24) is 19.4 Å². The van der Waals surface area contributed by atoms with E-state index in [-0.39, 0.29) is 12.4 Å². The first-order chi connectivity index (χ1) is 11.5. The van der Waals surface area contributed by atoms with Crippen molar-refractivity contribution in [2.45, 2.75) is 12.8 Å². The number of hydrogen-bond acceptors (Lipinski definition) is 6. The van der Waals surface area contributed by atoms with Gasteiger partial charge < -0.3 is 16.2 Å². The minimum Gasteiger partial charge on any atom is -0.481 e. The fourth-order valence-corrected chi connectivity index (χ4v) is 2.30. The number of nitrogens with zero attached hydrogens (tertiary/aromatic N) is 4. The van der Waals surface area contributed by atoms with Crippen molar-refractivity contribution in [3.63, 3.8) is 0 Å². The Morgan fingerprint density at radius 3 is 2.79 bits per heavy atom. The first kappa shape index (κ1) is 15.7. The molecule has 9 heteroatoms. The van der Waals surface area contributed by atoms with Crippen LogP contribution in [0.1, 0.15) is 12.8 Å². The van der Waals surface area contributed by atoms with Gasteiger partial charge in [0.25, 0.3) is 0 Å². The molecule has 3 heterocycles. The summed E-state index contributed by atoms with van der Waals surface area (Å²) in [6, 6.07) is 2.87. The van der Waals surface area contributed by atoms with E-state index in [2.05, 4.69) is 20.3 Å². The smallest absolute Gasteiger partial charge is 0.303 e. The van der Waals surface area contributed by atoms with Crippen LogP contribution in [0, 0.1) is 5.82 Å². The minimum absolute atomic E-state index is 0.0401. The van der Waals surface area contributed by atoms with Crippen molar-refractivity contribution in [3.8, 4) is 11.3 Å². The Bertz CT molecular complexity index is 878. The molecule has 0 bridgehead atoms. The van der Waals surface area contributed by atoms with Gasteiger partial charge in [-0.25, -0.2) is 19.3 Å². The summed E-state index contributed by atoms with van der Waals surface area (Å²) >= 11 is 0.